The van der Waals surface area contributed by atoms with Crippen LogP contribution < -0.4 is 5.32 Å². The molecule has 134 valence electrons. The Balaban J connectivity index is 1.90. The van der Waals surface area contributed by atoms with Gasteiger partial charge in [0.25, 0.3) is 5.91 Å². The van der Waals surface area contributed by atoms with Gasteiger partial charge in [-0.15, -0.1) is 22.7 Å². The molecule has 1 aromatic carbocycles. The van der Waals surface area contributed by atoms with Crippen LogP contribution in [0, 0.1) is 18.6 Å². The Hall–Kier alpha value is -2.65. The van der Waals surface area contributed by atoms with Crippen LogP contribution in [0.25, 0.3) is 9.88 Å². The van der Waals surface area contributed by atoms with Crippen molar-refractivity contribution in [3.8, 4) is 9.88 Å². The number of thiophene rings is 1. The molecule has 0 bridgehead atoms. The third-order valence-corrected chi connectivity index (χ3v) is 5.64. The minimum atomic E-state index is -1.07. The van der Waals surface area contributed by atoms with Gasteiger partial charge in [0.1, 0.15) is 21.5 Å². The van der Waals surface area contributed by atoms with Crippen molar-refractivity contribution in [1.29, 1.82) is 0 Å². The molecule has 0 unspecified atom stereocenters. The van der Waals surface area contributed by atoms with E-state index in [2.05, 4.69) is 15.0 Å². The van der Waals surface area contributed by atoms with Crippen molar-refractivity contribution in [3.63, 3.8) is 0 Å². The van der Waals surface area contributed by atoms with Crippen molar-refractivity contribution >= 4 is 40.2 Å². The molecule has 0 fully saturated rings. The zero-order valence-corrected chi connectivity index (χ0v) is 15.3. The van der Waals surface area contributed by atoms with Crippen LogP contribution in [0.5, 0.6) is 0 Å². The fourth-order valence-corrected chi connectivity index (χ4v) is 3.96. The van der Waals surface area contributed by atoms with Gasteiger partial charge in [-0.1, -0.05) is 6.07 Å². The molecular formula is C17H12F2N2O3S2. The van der Waals surface area contributed by atoms with E-state index in [1.165, 1.54) is 22.7 Å². The van der Waals surface area contributed by atoms with E-state index in [1.807, 2.05) is 17.5 Å². The maximum Gasteiger partial charge on any atom is 0.340 e. The highest BCUT2D eigenvalue weighted by Gasteiger charge is 2.21. The lowest BCUT2D eigenvalue weighted by Gasteiger charge is -2.08. The van der Waals surface area contributed by atoms with Gasteiger partial charge in [0, 0.05) is 6.07 Å². The number of hydrogen-bond acceptors (Lipinski definition) is 6. The van der Waals surface area contributed by atoms with Gasteiger partial charge in [-0.3, -0.25) is 4.79 Å². The van der Waals surface area contributed by atoms with Crippen LogP contribution in [0.2, 0.25) is 0 Å². The van der Waals surface area contributed by atoms with E-state index in [9.17, 15) is 18.4 Å². The maximum atomic E-state index is 14.0. The molecule has 0 spiro atoms. The fourth-order valence-electron chi connectivity index (χ4n) is 2.20. The zero-order valence-electron chi connectivity index (χ0n) is 13.6. The molecule has 3 rings (SSSR count). The number of esters is 1. The van der Waals surface area contributed by atoms with Crippen molar-refractivity contribution < 1.29 is 23.1 Å². The number of thiazole rings is 1. The first-order valence-corrected chi connectivity index (χ1v) is 9.00. The summed E-state index contributed by atoms with van der Waals surface area (Å²) in [5.74, 6) is -3.62. The summed E-state index contributed by atoms with van der Waals surface area (Å²) in [7, 11) is 1.08. The van der Waals surface area contributed by atoms with Gasteiger partial charge in [0.2, 0.25) is 0 Å². The van der Waals surface area contributed by atoms with Crippen LogP contribution in [0.1, 0.15) is 25.7 Å². The number of carbonyl (C=O) groups excluding carboxylic acids is 2. The molecule has 0 saturated heterocycles. The quantitative estimate of drug-likeness (QED) is 0.662. The summed E-state index contributed by atoms with van der Waals surface area (Å²) >= 11 is 2.66. The molecule has 0 aliphatic rings. The van der Waals surface area contributed by atoms with E-state index in [0.717, 1.165) is 18.1 Å². The van der Waals surface area contributed by atoms with Gasteiger partial charge in [-0.05, 0) is 24.4 Å². The molecule has 3 aromatic rings. The molecule has 1 amide bonds. The molecule has 0 radical (unpaired) electrons. The van der Waals surface area contributed by atoms with E-state index in [0.29, 0.717) is 21.6 Å². The smallest absolute Gasteiger partial charge is 0.340 e. The highest BCUT2D eigenvalue weighted by atomic mass is 32.1. The lowest BCUT2D eigenvalue weighted by atomic mass is 10.1. The predicted octanol–water partition coefficient (Wildman–Crippen LogP) is 4.50. The number of rotatable bonds is 4. The topological polar surface area (TPSA) is 68.3 Å². The number of anilines is 1. The van der Waals surface area contributed by atoms with Crippen LogP contribution in [-0.2, 0) is 4.74 Å². The number of nitrogens with one attached hydrogen (secondary N) is 1. The van der Waals surface area contributed by atoms with Crippen LogP contribution in [0.3, 0.4) is 0 Å². The van der Waals surface area contributed by atoms with Gasteiger partial charge in [-0.2, -0.15) is 0 Å². The van der Waals surface area contributed by atoms with Crippen LogP contribution >= 0.6 is 22.7 Å². The fraction of sp³-hybridized carbons (Fsp3) is 0.118. The molecule has 0 aliphatic heterocycles. The number of halogens is 2. The van der Waals surface area contributed by atoms with Crippen LogP contribution in [-0.4, -0.2) is 24.0 Å². The Morgan fingerprint density at radius 1 is 1.23 bits per heavy atom. The lowest BCUT2D eigenvalue weighted by molar-refractivity contribution is 0.0595. The predicted molar refractivity (Wildman–Crippen MR) is 95.8 cm³/mol. The molecule has 0 aliphatic carbocycles. The van der Waals surface area contributed by atoms with Gasteiger partial charge < -0.3 is 10.1 Å². The Kier molecular flexibility index (Phi) is 5.10. The second-order valence-electron chi connectivity index (χ2n) is 5.17. The second-order valence-corrected chi connectivity index (χ2v) is 7.12. The van der Waals surface area contributed by atoms with E-state index in [1.54, 1.807) is 6.92 Å². The second kappa shape index (κ2) is 7.30. The lowest BCUT2D eigenvalue weighted by Crippen LogP contribution is -2.14. The molecule has 0 saturated carbocycles. The molecule has 26 heavy (non-hydrogen) atoms. The first-order valence-electron chi connectivity index (χ1n) is 7.30. The number of aryl methyl sites for hydroxylation is 1. The summed E-state index contributed by atoms with van der Waals surface area (Å²) in [6, 6.07) is 5.19. The molecule has 0 atom stereocenters. The van der Waals surface area contributed by atoms with Gasteiger partial charge >= 0.3 is 5.97 Å². The first kappa shape index (κ1) is 18.2. The Labute approximate surface area is 155 Å². The normalized spacial score (nSPS) is 10.6. The number of nitrogens with zero attached hydrogens (tertiary/aromatic N) is 1. The number of benzene rings is 1. The van der Waals surface area contributed by atoms with Crippen molar-refractivity contribution in [2.24, 2.45) is 0 Å². The van der Waals surface area contributed by atoms with Gasteiger partial charge in [0.15, 0.2) is 0 Å². The summed E-state index contributed by atoms with van der Waals surface area (Å²) in [6.07, 6.45) is 0. The molecule has 2 heterocycles. The number of methoxy groups -OCH3 is 1. The summed E-state index contributed by atoms with van der Waals surface area (Å²) < 4.78 is 32.1. The standard InChI is InChI=1S/C17H12F2N2O3S2/c1-8-14(26-16(20-8)13-4-3-5-25-13)15(22)21-12-6-9(17(23)24-2)10(18)7-11(12)19/h3-7H,1-2H3,(H,21,22). The Bertz CT molecular complexity index is 984. The van der Waals surface area contributed by atoms with Crippen molar-refractivity contribution in [1.82, 2.24) is 4.98 Å². The van der Waals surface area contributed by atoms with E-state index in [4.69, 9.17) is 0 Å². The third kappa shape index (κ3) is 3.49. The summed E-state index contributed by atoms with van der Waals surface area (Å²) in [5.41, 5.74) is -0.293. The summed E-state index contributed by atoms with van der Waals surface area (Å²) in [5, 5.41) is 4.93. The minimum Gasteiger partial charge on any atom is -0.465 e. The zero-order chi connectivity index (χ0) is 18.8. The average molecular weight is 394 g/mol. The summed E-state index contributed by atoms with van der Waals surface area (Å²) in [4.78, 5) is 29.6. The molecule has 2 aromatic heterocycles. The third-order valence-electron chi connectivity index (χ3n) is 3.45. The van der Waals surface area contributed by atoms with E-state index in [-0.39, 0.29) is 5.69 Å². The average Bonchev–Trinajstić information content (AvgIpc) is 3.26. The number of ether oxygens (including phenoxy) is 1. The molecule has 5 nitrogen and oxygen atoms in total. The molecule has 1 N–H and O–H groups in total. The minimum absolute atomic E-state index is 0.303. The van der Waals surface area contributed by atoms with Gasteiger partial charge in [-0.25, -0.2) is 18.6 Å². The Morgan fingerprint density at radius 3 is 2.65 bits per heavy atom. The largest absolute Gasteiger partial charge is 0.465 e. The highest BCUT2D eigenvalue weighted by molar-refractivity contribution is 7.22. The monoisotopic (exact) mass is 394 g/mol. The van der Waals surface area contributed by atoms with E-state index >= 15 is 0 Å². The highest BCUT2D eigenvalue weighted by Crippen LogP contribution is 2.31. The Morgan fingerprint density at radius 2 is 2.00 bits per heavy atom. The number of hydrogen-bond donors (Lipinski definition) is 1. The number of amides is 1. The summed E-state index contributed by atoms with van der Waals surface area (Å²) in [6.45, 7) is 1.67. The van der Waals surface area contributed by atoms with Crippen LogP contribution in [0.15, 0.2) is 29.6 Å². The van der Waals surface area contributed by atoms with Crippen molar-refractivity contribution in [3.05, 3.63) is 57.4 Å². The maximum absolute atomic E-state index is 14.0. The van der Waals surface area contributed by atoms with Gasteiger partial charge in [0.05, 0.1) is 28.9 Å². The number of carbonyl (C=O) groups is 2. The number of aromatic nitrogens is 1. The molecular weight excluding hydrogens is 382 g/mol. The molecule has 9 heteroatoms. The van der Waals surface area contributed by atoms with E-state index < -0.39 is 29.1 Å². The van der Waals surface area contributed by atoms with Crippen molar-refractivity contribution in [2.75, 3.05) is 12.4 Å². The van der Waals surface area contributed by atoms with Crippen LogP contribution in [0.4, 0.5) is 14.5 Å². The van der Waals surface area contributed by atoms with Crippen molar-refractivity contribution in [2.45, 2.75) is 6.92 Å². The first-order chi connectivity index (χ1) is 12.4. The SMILES string of the molecule is COC(=O)c1cc(NC(=O)c2sc(-c3cccs3)nc2C)c(F)cc1F.